The van der Waals surface area contributed by atoms with E-state index in [2.05, 4.69) is 28.2 Å². The minimum Gasteiger partial charge on any atom is -0.492 e. The zero-order chi connectivity index (χ0) is 11.4. The second-order valence-electron chi connectivity index (χ2n) is 4.01. The predicted octanol–water partition coefficient (Wildman–Crippen LogP) is 2.20. The predicted molar refractivity (Wildman–Crippen MR) is 66.8 cm³/mol. The second-order valence-corrected chi connectivity index (χ2v) is 4.93. The van der Waals surface area contributed by atoms with Gasteiger partial charge in [0, 0.05) is 11.0 Å². The van der Waals surface area contributed by atoms with Crippen LogP contribution in [0, 0.1) is 0 Å². The summed E-state index contributed by atoms with van der Waals surface area (Å²) in [6, 6.07) is 8.15. The molecule has 1 aromatic carbocycles. The van der Waals surface area contributed by atoms with Gasteiger partial charge in [-0.05, 0) is 31.2 Å². The van der Waals surface area contributed by atoms with Gasteiger partial charge in [-0.1, -0.05) is 15.9 Å². The fraction of sp³-hybridized carbons (Fsp3) is 0.500. The normalized spacial score (nSPS) is 25.4. The molecular weight excluding hydrogens is 270 g/mol. The Morgan fingerprint density at radius 1 is 1.44 bits per heavy atom. The van der Waals surface area contributed by atoms with Gasteiger partial charge in [0.1, 0.15) is 12.4 Å². The van der Waals surface area contributed by atoms with E-state index in [9.17, 15) is 0 Å². The van der Waals surface area contributed by atoms with E-state index >= 15 is 0 Å². The molecule has 1 heterocycles. The standard InChI is InChI=1S/C12H16BrNO2/c1-9-6-14-11(7-15-9)8-16-12-4-2-10(13)3-5-12/h2-5,9,11,14H,6-8H2,1H3. The highest BCUT2D eigenvalue weighted by atomic mass is 79.9. The third kappa shape index (κ3) is 3.47. The Hall–Kier alpha value is -0.580. The number of rotatable bonds is 3. The van der Waals surface area contributed by atoms with Gasteiger partial charge in [0.25, 0.3) is 0 Å². The summed E-state index contributed by atoms with van der Waals surface area (Å²) in [5, 5.41) is 3.39. The van der Waals surface area contributed by atoms with Crippen LogP contribution in [0.4, 0.5) is 0 Å². The molecule has 2 rings (SSSR count). The summed E-state index contributed by atoms with van der Waals surface area (Å²) in [6.45, 7) is 4.33. The molecule has 4 heteroatoms. The molecule has 88 valence electrons. The Labute approximate surface area is 104 Å². The fourth-order valence-corrected chi connectivity index (χ4v) is 1.83. The number of hydrogen-bond acceptors (Lipinski definition) is 3. The second kappa shape index (κ2) is 5.66. The minimum absolute atomic E-state index is 0.292. The van der Waals surface area contributed by atoms with Crippen molar-refractivity contribution < 1.29 is 9.47 Å². The lowest BCUT2D eigenvalue weighted by atomic mass is 10.2. The first-order valence-electron chi connectivity index (χ1n) is 5.47. The summed E-state index contributed by atoms with van der Waals surface area (Å²) >= 11 is 3.39. The number of halogens is 1. The Kier molecular flexibility index (Phi) is 4.21. The maximum absolute atomic E-state index is 5.67. The molecule has 0 saturated carbocycles. The molecule has 0 amide bonds. The topological polar surface area (TPSA) is 30.5 Å². The van der Waals surface area contributed by atoms with Gasteiger partial charge in [0.2, 0.25) is 0 Å². The van der Waals surface area contributed by atoms with Gasteiger partial charge in [0.05, 0.1) is 18.8 Å². The maximum atomic E-state index is 5.67. The van der Waals surface area contributed by atoms with Gasteiger partial charge in [-0.2, -0.15) is 0 Å². The largest absolute Gasteiger partial charge is 0.492 e. The third-order valence-corrected chi connectivity index (χ3v) is 3.07. The summed E-state index contributed by atoms with van der Waals surface area (Å²) in [4.78, 5) is 0. The van der Waals surface area contributed by atoms with Crippen LogP contribution in [0.2, 0.25) is 0 Å². The first-order valence-corrected chi connectivity index (χ1v) is 6.26. The molecule has 1 N–H and O–H groups in total. The lowest BCUT2D eigenvalue weighted by Crippen LogP contribution is -2.48. The van der Waals surface area contributed by atoms with E-state index in [0.717, 1.165) is 23.4 Å². The molecule has 1 aliphatic rings. The number of nitrogens with one attached hydrogen (secondary N) is 1. The highest BCUT2D eigenvalue weighted by molar-refractivity contribution is 9.10. The van der Waals surface area contributed by atoms with Crippen molar-refractivity contribution >= 4 is 15.9 Å². The van der Waals surface area contributed by atoms with Gasteiger partial charge >= 0.3 is 0 Å². The molecule has 0 spiro atoms. The molecule has 0 radical (unpaired) electrons. The van der Waals surface area contributed by atoms with Gasteiger partial charge in [0.15, 0.2) is 0 Å². The average Bonchev–Trinajstić information content (AvgIpc) is 2.30. The van der Waals surface area contributed by atoms with Crippen LogP contribution in [0.25, 0.3) is 0 Å². The molecule has 0 bridgehead atoms. The Bertz CT molecular complexity index is 320. The molecule has 0 aliphatic carbocycles. The highest BCUT2D eigenvalue weighted by Gasteiger charge is 2.17. The third-order valence-electron chi connectivity index (χ3n) is 2.54. The van der Waals surface area contributed by atoms with Crippen LogP contribution in [0.1, 0.15) is 6.92 Å². The van der Waals surface area contributed by atoms with Crippen molar-refractivity contribution in [1.82, 2.24) is 5.32 Å². The van der Waals surface area contributed by atoms with Crippen LogP contribution in [0.15, 0.2) is 28.7 Å². The molecule has 3 nitrogen and oxygen atoms in total. The van der Waals surface area contributed by atoms with Crippen molar-refractivity contribution in [3.05, 3.63) is 28.7 Å². The zero-order valence-electron chi connectivity index (χ0n) is 9.28. The summed E-state index contributed by atoms with van der Waals surface area (Å²) in [5.74, 6) is 0.892. The molecular formula is C12H16BrNO2. The van der Waals surface area contributed by atoms with Crippen molar-refractivity contribution in [2.45, 2.75) is 19.1 Å². The maximum Gasteiger partial charge on any atom is 0.119 e. The molecule has 2 atom stereocenters. The van der Waals surface area contributed by atoms with Crippen molar-refractivity contribution in [2.75, 3.05) is 19.8 Å². The van der Waals surface area contributed by atoms with Crippen molar-refractivity contribution in [1.29, 1.82) is 0 Å². The Morgan fingerprint density at radius 3 is 2.81 bits per heavy atom. The summed E-state index contributed by atoms with van der Waals surface area (Å²) in [6.07, 6.45) is 0.309. The Morgan fingerprint density at radius 2 is 2.19 bits per heavy atom. The number of morpholine rings is 1. The van der Waals surface area contributed by atoms with Crippen molar-refractivity contribution in [3.8, 4) is 5.75 Å². The van der Waals surface area contributed by atoms with Gasteiger partial charge < -0.3 is 14.8 Å². The van der Waals surface area contributed by atoms with Crippen LogP contribution >= 0.6 is 15.9 Å². The summed E-state index contributed by atoms with van der Waals surface area (Å²) in [7, 11) is 0. The van der Waals surface area contributed by atoms with Gasteiger partial charge in [-0.25, -0.2) is 0 Å². The first kappa shape index (κ1) is 11.9. The molecule has 16 heavy (non-hydrogen) atoms. The van der Waals surface area contributed by atoms with E-state index in [-0.39, 0.29) is 0 Å². The van der Waals surface area contributed by atoms with Crippen molar-refractivity contribution in [3.63, 3.8) is 0 Å². The molecule has 1 saturated heterocycles. The highest BCUT2D eigenvalue weighted by Crippen LogP contribution is 2.16. The number of hydrogen-bond donors (Lipinski definition) is 1. The van der Waals surface area contributed by atoms with E-state index in [1.165, 1.54) is 0 Å². The quantitative estimate of drug-likeness (QED) is 0.924. The zero-order valence-corrected chi connectivity index (χ0v) is 10.9. The van der Waals surface area contributed by atoms with Crippen molar-refractivity contribution in [2.24, 2.45) is 0 Å². The SMILES string of the molecule is CC1CNC(COc2ccc(Br)cc2)CO1. The summed E-state index contributed by atoms with van der Waals surface area (Å²) < 4.78 is 12.3. The molecule has 0 aromatic heterocycles. The van der Waals surface area contributed by atoms with Gasteiger partial charge in [-0.3, -0.25) is 0 Å². The smallest absolute Gasteiger partial charge is 0.119 e. The molecule has 1 aliphatic heterocycles. The lowest BCUT2D eigenvalue weighted by molar-refractivity contribution is 0.00456. The van der Waals surface area contributed by atoms with Crippen LogP contribution in [-0.4, -0.2) is 31.9 Å². The average molecular weight is 286 g/mol. The van der Waals surface area contributed by atoms with Crippen LogP contribution in [-0.2, 0) is 4.74 Å². The number of benzene rings is 1. The van der Waals surface area contributed by atoms with E-state index in [1.54, 1.807) is 0 Å². The molecule has 1 fully saturated rings. The summed E-state index contributed by atoms with van der Waals surface area (Å²) in [5.41, 5.74) is 0. The van der Waals surface area contributed by atoms with E-state index in [4.69, 9.17) is 9.47 Å². The van der Waals surface area contributed by atoms with E-state index in [0.29, 0.717) is 18.8 Å². The van der Waals surface area contributed by atoms with Crippen LogP contribution in [0.3, 0.4) is 0 Å². The van der Waals surface area contributed by atoms with Gasteiger partial charge in [-0.15, -0.1) is 0 Å². The Balaban J connectivity index is 1.77. The minimum atomic E-state index is 0.292. The van der Waals surface area contributed by atoms with E-state index < -0.39 is 0 Å². The van der Waals surface area contributed by atoms with E-state index in [1.807, 2.05) is 24.3 Å². The monoisotopic (exact) mass is 285 g/mol. The van der Waals surface area contributed by atoms with Crippen LogP contribution < -0.4 is 10.1 Å². The van der Waals surface area contributed by atoms with Crippen LogP contribution in [0.5, 0.6) is 5.75 Å². The lowest BCUT2D eigenvalue weighted by Gasteiger charge is -2.28. The molecule has 1 aromatic rings. The first-order chi connectivity index (χ1) is 7.74. The molecule has 2 unspecified atom stereocenters. The fourth-order valence-electron chi connectivity index (χ4n) is 1.57. The number of ether oxygens (including phenoxy) is 2.